The molecule has 3 rings (SSSR count). The molecule has 0 saturated heterocycles. The fraction of sp³-hybridized carbons (Fsp3) is 0.600. The van der Waals surface area contributed by atoms with Gasteiger partial charge in [-0.3, -0.25) is 0 Å². The van der Waals surface area contributed by atoms with Gasteiger partial charge in [0.2, 0.25) is 0 Å². The molecule has 1 aliphatic heterocycles. The summed E-state index contributed by atoms with van der Waals surface area (Å²) in [7, 11) is 0. The molecule has 1 atom stereocenters. The average Bonchev–Trinajstić information content (AvgIpc) is 2.41. The van der Waals surface area contributed by atoms with E-state index in [1.807, 2.05) is 6.07 Å². The van der Waals surface area contributed by atoms with Crippen LogP contribution in [0.4, 0.5) is 0 Å². The third-order valence-corrected chi connectivity index (χ3v) is 4.12. The van der Waals surface area contributed by atoms with Gasteiger partial charge >= 0.3 is 0 Å². The first kappa shape index (κ1) is 12.0. The molecule has 1 aromatic rings. The van der Waals surface area contributed by atoms with Gasteiger partial charge in [-0.15, -0.1) is 0 Å². The van der Waals surface area contributed by atoms with Crippen molar-refractivity contribution >= 4 is 0 Å². The number of ether oxygens (including phenoxy) is 1. The zero-order valence-corrected chi connectivity index (χ0v) is 10.8. The van der Waals surface area contributed by atoms with E-state index in [0.717, 1.165) is 31.6 Å². The number of hydrogen-bond acceptors (Lipinski definition) is 3. The Kier molecular flexibility index (Phi) is 3.52. The highest BCUT2D eigenvalue weighted by molar-refractivity contribution is 5.35. The summed E-state index contributed by atoms with van der Waals surface area (Å²) in [4.78, 5) is 0. The van der Waals surface area contributed by atoms with Crippen LogP contribution in [0.25, 0.3) is 0 Å². The maximum absolute atomic E-state index is 5.94. The maximum Gasteiger partial charge on any atom is 0.122 e. The van der Waals surface area contributed by atoms with Crippen LogP contribution in [0.5, 0.6) is 5.75 Å². The lowest BCUT2D eigenvalue weighted by Gasteiger charge is -2.33. The molecule has 3 nitrogen and oxygen atoms in total. The first-order chi connectivity index (χ1) is 8.81. The number of para-hydroxylation sites is 1. The predicted molar refractivity (Wildman–Crippen MR) is 72.8 cm³/mol. The lowest BCUT2D eigenvalue weighted by Crippen LogP contribution is -2.47. The van der Waals surface area contributed by atoms with Crippen molar-refractivity contribution in [2.24, 2.45) is 5.73 Å². The first-order valence-corrected chi connectivity index (χ1v) is 7.03. The van der Waals surface area contributed by atoms with Crippen LogP contribution < -0.4 is 15.8 Å². The highest BCUT2D eigenvalue weighted by Gasteiger charge is 2.24. The Morgan fingerprint density at radius 2 is 1.83 bits per heavy atom. The molecule has 1 unspecified atom stereocenters. The van der Waals surface area contributed by atoms with Crippen LogP contribution in [0.1, 0.15) is 31.2 Å². The Hall–Kier alpha value is -1.06. The monoisotopic (exact) mass is 246 g/mol. The summed E-state index contributed by atoms with van der Waals surface area (Å²) in [5.41, 5.74) is 7.27. The van der Waals surface area contributed by atoms with Gasteiger partial charge in [0.15, 0.2) is 0 Å². The molecule has 1 saturated carbocycles. The van der Waals surface area contributed by atoms with Crippen molar-refractivity contribution in [1.82, 2.24) is 5.32 Å². The minimum atomic E-state index is 0.423. The first-order valence-electron chi connectivity index (χ1n) is 7.03. The molecule has 0 spiro atoms. The highest BCUT2D eigenvalue weighted by Crippen LogP contribution is 2.25. The van der Waals surface area contributed by atoms with E-state index < -0.39 is 0 Å². The van der Waals surface area contributed by atoms with E-state index in [0.29, 0.717) is 18.1 Å². The van der Waals surface area contributed by atoms with E-state index in [1.165, 1.54) is 18.4 Å². The molecule has 0 radical (unpaired) electrons. The van der Waals surface area contributed by atoms with Gasteiger partial charge in [0.1, 0.15) is 12.4 Å². The van der Waals surface area contributed by atoms with Gasteiger partial charge in [-0.05, 0) is 43.7 Å². The Bertz CT molecular complexity index is 399. The van der Waals surface area contributed by atoms with E-state index >= 15 is 0 Å². The molecular weight excluding hydrogens is 224 g/mol. The summed E-state index contributed by atoms with van der Waals surface area (Å²) in [5, 5.41) is 3.74. The topological polar surface area (TPSA) is 47.3 Å². The predicted octanol–water partition coefficient (Wildman–Crippen LogP) is 1.85. The SMILES string of the molecule is NC1CCC(NC2COc3ccccc3C2)CC1. The lowest BCUT2D eigenvalue weighted by molar-refractivity contribution is 0.211. The van der Waals surface area contributed by atoms with Crippen molar-refractivity contribution < 1.29 is 4.74 Å². The highest BCUT2D eigenvalue weighted by atomic mass is 16.5. The third-order valence-electron chi connectivity index (χ3n) is 4.12. The second-order valence-electron chi connectivity index (χ2n) is 5.60. The van der Waals surface area contributed by atoms with Gasteiger partial charge in [-0.1, -0.05) is 18.2 Å². The van der Waals surface area contributed by atoms with E-state index in [4.69, 9.17) is 10.5 Å². The summed E-state index contributed by atoms with van der Waals surface area (Å²) in [6.07, 6.45) is 5.81. The summed E-state index contributed by atoms with van der Waals surface area (Å²) in [5.74, 6) is 1.06. The number of hydrogen-bond donors (Lipinski definition) is 2. The number of benzene rings is 1. The second kappa shape index (κ2) is 5.29. The van der Waals surface area contributed by atoms with Crippen LogP contribution >= 0.6 is 0 Å². The molecule has 0 amide bonds. The van der Waals surface area contributed by atoms with Gasteiger partial charge < -0.3 is 15.8 Å². The molecule has 1 fully saturated rings. The van der Waals surface area contributed by atoms with Crippen LogP contribution in [0, 0.1) is 0 Å². The quantitative estimate of drug-likeness (QED) is 0.837. The Balaban J connectivity index is 1.56. The van der Waals surface area contributed by atoms with Crippen molar-refractivity contribution in [3.8, 4) is 5.75 Å². The fourth-order valence-electron chi connectivity index (χ4n) is 3.05. The molecule has 1 heterocycles. The second-order valence-corrected chi connectivity index (χ2v) is 5.60. The molecule has 0 aromatic heterocycles. The Morgan fingerprint density at radius 1 is 1.06 bits per heavy atom. The van der Waals surface area contributed by atoms with E-state index in [2.05, 4.69) is 23.5 Å². The van der Waals surface area contributed by atoms with Gasteiger partial charge in [-0.25, -0.2) is 0 Å². The van der Waals surface area contributed by atoms with Gasteiger partial charge in [0.05, 0.1) is 0 Å². The lowest BCUT2D eigenvalue weighted by atomic mass is 9.90. The minimum Gasteiger partial charge on any atom is -0.492 e. The molecule has 0 bridgehead atoms. The maximum atomic E-state index is 5.94. The van der Waals surface area contributed by atoms with Crippen LogP contribution in [0.15, 0.2) is 24.3 Å². The summed E-state index contributed by atoms with van der Waals surface area (Å²) in [6.45, 7) is 0.791. The zero-order chi connectivity index (χ0) is 12.4. The van der Waals surface area contributed by atoms with Crippen LogP contribution in [0.2, 0.25) is 0 Å². The summed E-state index contributed by atoms with van der Waals surface area (Å²) >= 11 is 0. The molecule has 3 N–H and O–H groups in total. The summed E-state index contributed by atoms with van der Waals surface area (Å²) in [6, 6.07) is 9.86. The average molecular weight is 246 g/mol. The number of nitrogens with two attached hydrogens (primary N) is 1. The third kappa shape index (κ3) is 2.68. The fourth-order valence-corrected chi connectivity index (χ4v) is 3.05. The van der Waals surface area contributed by atoms with Crippen molar-refractivity contribution in [3.63, 3.8) is 0 Å². The summed E-state index contributed by atoms with van der Waals surface area (Å²) < 4.78 is 5.81. The minimum absolute atomic E-state index is 0.423. The number of fused-ring (bicyclic) bond motifs is 1. The molecule has 2 aliphatic rings. The van der Waals surface area contributed by atoms with Crippen molar-refractivity contribution in [3.05, 3.63) is 29.8 Å². The van der Waals surface area contributed by atoms with Crippen LogP contribution in [-0.4, -0.2) is 24.7 Å². The van der Waals surface area contributed by atoms with E-state index in [-0.39, 0.29) is 0 Å². The van der Waals surface area contributed by atoms with Crippen LogP contribution in [0.3, 0.4) is 0 Å². The van der Waals surface area contributed by atoms with E-state index in [1.54, 1.807) is 0 Å². The van der Waals surface area contributed by atoms with Crippen molar-refractivity contribution in [2.75, 3.05) is 6.61 Å². The molecule has 1 aliphatic carbocycles. The molecular formula is C15H22N2O. The Morgan fingerprint density at radius 3 is 2.67 bits per heavy atom. The molecule has 1 aromatic carbocycles. The van der Waals surface area contributed by atoms with Crippen LogP contribution in [-0.2, 0) is 6.42 Å². The number of rotatable bonds is 2. The molecule has 3 heteroatoms. The van der Waals surface area contributed by atoms with Crippen molar-refractivity contribution in [2.45, 2.75) is 50.2 Å². The van der Waals surface area contributed by atoms with Gasteiger partial charge in [0, 0.05) is 18.1 Å². The standard InChI is InChI=1S/C15H22N2O/c16-12-5-7-13(8-6-12)17-14-9-11-3-1-2-4-15(11)18-10-14/h1-4,12-14,17H,5-10,16H2. The zero-order valence-electron chi connectivity index (χ0n) is 10.8. The number of nitrogens with one attached hydrogen (secondary N) is 1. The van der Waals surface area contributed by atoms with Crippen molar-refractivity contribution in [1.29, 1.82) is 0 Å². The largest absolute Gasteiger partial charge is 0.492 e. The molecule has 98 valence electrons. The van der Waals surface area contributed by atoms with Gasteiger partial charge in [0.25, 0.3) is 0 Å². The normalized spacial score (nSPS) is 31.5. The van der Waals surface area contributed by atoms with E-state index in [9.17, 15) is 0 Å². The molecule has 18 heavy (non-hydrogen) atoms. The Labute approximate surface area is 109 Å². The van der Waals surface area contributed by atoms with Gasteiger partial charge in [-0.2, -0.15) is 0 Å². The smallest absolute Gasteiger partial charge is 0.122 e.